The molecular weight excluding hydrogens is 156 g/mol. The molecular formula is C9H12O3. The fraction of sp³-hybridized carbons (Fsp3) is 0.556. The number of hydrogen-bond donors (Lipinski definition) is 0. The van der Waals surface area contributed by atoms with E-state index in [1.165, 1.54) is 0 Å². The van der Waals surface area contributed by atoms with Crippen LogP contribution in [0.4, 0.5) is 0 Å². The average molecular weight is 168 g/mol. The number of carbonyl (C=O) groups is 2. The zero-order chi connectivity index (χ0) is 8.97. The lowest BCUT2D eigenvalue weighted by Crippen LogP contribution is -2.18. The maximum atomic E-state index is 11.2. The predicted octanol–water partition coefficient (Wildman–Crippen LogP) is 1.23. The molecule has 0 bridgehead atoms. The van der Waals surface area contributed by atoms with Crippen molar-refractivity contribution in [3.63, 3.8) is 0 Å². The van der Waals surface area contributed by atoms with Gasteiger partial charge in [0, 0.05) is 5.57 Å². The number of esters is 1. The van der Waals surface area contributed by atoms with E-state index >= 15 is 0 Å². The van der Waals surface area contributed by atoms with Crippen LogP contribution in [0.2, 0.25) is 0 Å². The van der Waals surface area contributed by atoms with Crippen LogP contribution in [0.25, 0.3) is 0 Å². The standard InChI is InChI=1S/C9H12O3/c1-2-12-9(11)8(10)7-5-3-4-6-7/h5H,2-4,6H2,1H3. The van der Waals surface area contributed by atoms with E-state index in [0.29, 0.717) is 5.57 Å². The molecule has 0 radical (unpaired) electrons. The summed E-state index contributed by atoms with van der Waals surface area (Å²) >= 11 is 0. The zero-order valence-corrected chi connectivity index (χ0v) is 7.13. The van der Waals surface area contributed by atoms with E-state index in [9.17, 15) is 9.59 Å². The summed E-state index contributed by atoms with van der Waals surface area (Å²) in [6.45, 7) is 1.95. The Kier molecular flexibility index (Phi) is 3.02. The van der Waals surface area contributed by atoms with Gasteiger partial charge < -0.3 is 4.74 Å². The zero-order valence-electron chi connectivity index (χ0n) is 7.13. The summed E-state index contributed by atoms with van der Waals surface area (Å²) in [5, 5.41) is 0. The minimum Gasteiger partial charge on any atom is -0.460 e. The molecule has 3 heteroatoms. The molecule has 0 saturated heterocycles. The monoisotopic (exact) mass is 168 g/mol. The molecule has 1 aliphatic carbocycles. The molecule has 0 spiro atoms. The molecule has 0 N–H and O–H groups in total. The minimum absolute atomic E-state index is 0.262. The van der Waals surface area contributed by atoms with Crippen LogP contribution in [0.1, 0.15) is 26.2 Å². The van der Waals surface area contributed by atoms with Crippen molar-refractivity contribution in [2.24, 2.45) is 0 Å². The second-order valence-corrected chi connectivity index (χ2v) is 2.67. The van der Waals surface area contributed by atoms with Gasteiger partial charge in [0.05, 0.1) is 6.61 Å². The summed E-state index contributed by atoms with van der Waals surface area (Å²) < 4.78 is 4.59. The molecule has 0 aromatic carbocycles. The second kappa shape index (κ2) is 4.04. The first-order valence-electron chi connectivity index (χ1n) is 4.16. The number of allylic oxidation sites excluding steroid dienone is 1. The molecule has 0 saturated carbocycles. The maximum absolute atomic E-state index is 11.2. The maximum Gasteiger partial charge on any atom is 0.379 e. The summed E-state index contributed by atoms with van der Waals surface area (Å²) in [5.41, 5.74) is 0.619. The van der Waals surface area contributed by atoms with Crippen LogP contribution in [0.15, 0.2) is 11.6 Å². The summed E-state index contributed by atoms with van der Waals surface area (Å²) in [5.74, 6) is -1.18. The normalized spacial score (nSPS) is 15.6. The highest BCUT2D eigenvalue weighted by Gasteiger charge is 2.21. The van der Waals surface area contributed by atoms with Crippen molar-refractivity contribution in [1.82, 2.24) is 0 Å². The minimum atomic E-state index is -0.717. The Hall–Kier alpha value is -1.12. The van der Waals surface area contributed by atoms with Crippen LogP contribution in [0.5, 0.6) is 0 Å². The highest BCUT2D eigenvalue weighted by Crippen LogP contribution is 2.18. The average Bonchev–Trinajstić information content (AvgIpc) is 2.55. The van der Waals surface area contributed by atoms with Crippen LogP contribution in [-0.2, 0) is 14.3 Å². The fourth-order valence-corrected chi connectivity index (χ4v) is 1.20. The SMILES string of the molecule is CCOC(=O)C(=O)C1=CCCC1. The number of rotatable bonds is 3. The van der Waals surface area contributed by atoms with Crippen molar-refractivity contribution < 1.29 is 14.3 Å². The van der Waals surface area contributed by atoms with E-state index in [1.807, 2.05) is 6.08 Å². The van der Waals surface area contributed by atoms with Crippen LogP contribution >= 0.6 is 0 Å². The summed E-state index contributed by atoms with van der Waals surface area (Å²) in [6, 6.07) is 0. The Labute approximate surface area is 71.4 Å². The van der Waals surface area contributed by atoms with Gasteiger partial charge in [-0.1, -0.05) is 6.08 Å². The van der Waals surface area contributed by atoms with E-state index in [-0.39, 0.29) is 6.61 Å². The van der Waals surface area contributed by atoms with Crippen LogP contribution in [0.3, 0.4) is 0 Å². The largest absolute Gasteiger partial charge is 0.460 e. The lowest BCUT2D eigenvalue weighted by molar-refractivity contribution is -0.151. The van der Waals surface area contributed by atoms with Crippen molar-refractivity contribution in [3.05, 3.63) is 11.6 Å². The topological polar surface area (TPSA) is 43.4 Å². The quantitative estimate of drug-likeness (QED) is 0.470. The third-order valence-corrected chi connectivity index (χ3v) is 1.79. The molecule has 1 aliphatic rings. The van der Waals surface area contributed by atoms with E-state index in [4.69, 9.17) is 0 Å². The van der Waals surface area contributed by atoms with Crippen molar-refractivity contribution in [2.45, 2.75) is 26.2 Å². The van der Waals surface area contributed by atoms with Gasteiger partial charge in [0.1, 0.15) is 0 Å². The third-order valence-electron chi connectivity index (χ3n) is 1.79. The Morgan fingerprint density at radius 2 is 2.33 bits per heavy atom. The van der Waals surface area contributed by atoms with Gasteiger partial charge in [-0.05, 0) is 26.2 Å². The van der Waals surface area contributed by atoms with Crippen molar-refractivity contribution in [2.75, 3.05) is 6.61 Å². The first-order chi connectivity index (χ1) is 5.75. The number of ether oxygens (including phenoxy) is 1. The van der Waals surface area contributed by atoms with Gasteiger partial charge in [0.25, 0.3) is 5.78 Å². The fourth-order valence-electron chi connectivity index (χ4n) is 1.20. The molecule has 66 valence electrons. The van der Waals surface area contributed by atoms with E-state index in [0.717, 1.165) is 19.3 Å². The van der Waals surface area contributed by atoms with Crippen molar-refractivity contribution in [3.8, 4) is 0 Å². The van der Waals surface area contributed by atoms with Gasteiger partial charge in [-0.2, -0.15) is 0 Å². The number of hydrogen-bond acceptors (Lipinski definition) is 3. The summed E-state index contributed by atoms with van der Waals surface area (Å²) in [7, 11) is 0. The molecule has 1 rings (SSSR count). The van der Waals surface area contributed by atoms with Gasteiger partial charge in [0.15, 0.2) is 0 Å². The molecule has 12 heavy (non-hydrogen) atoms. The van der Waals surface area contributed by atoms with E-state index in [1.54, 1.807) is 6.92 Å². The Morgan fingerprint density at radius 3 is 2.83 bits per heavy atom. The molecule has 0 aromatic rings. The molecule has 0 fully saturated rings. The van der Waals surface area contributed by atoms with Crippen LogP contribution < -0.4 is 0 Å². The lowest BCUT2D eigenvalue weighted by atomic mass is 10.1. The van der Waals surface area contributed by atoms with Gasteiger partial charge >= 0.3 is 5.97 Å². The molecule has 0 aromatic heterocycles. The molecule has 0 unspecified atom stereocenters. The van der Waals surface area contributed by atoms with Crippen molar-refractivity contribution in [1.29, 1.82) is 0 Å². The Balaban J connectivity index is 2.52. The predicted molar refractivity (Wildman–Crippen MR) is 43.6 cm³/mol. The van der Waals surface area contributed by atoms with Gasteiger partial charge in [-0.3, -0.25) is 4.79 Å². The molecule has 0 heterocycles. The van der Waals surface area contributed by atoms with Crippen LogP contribution in [0, 0.1) is 0 Å². The Morgan fingerprint density at radius 1 is 1.58 bits per heavy atom. The molecule has 0 atom stereocenters. The lowest BCUT2D eigenvalue weighted by Gasteiger charge is -1.99. The van der Waals surface area contributed by atoms with E-state index in [2.05, 4.69) is 4.74 Å². The van der Waals surface area contributed by atoms with Crippen LogP contribution in [-0.4, -0.2) is 18.4 Å². The smallest absolute Gasteiger partial charge is 0.379 e. The second-order valence-electron chi connectivity index (χ2n) is 2.67. The van der Waals surface area contributed by atoms with Gasteiger partial charge in [-0.25, -0.2) is 4.79 Å². The number of Topliss-reactive ketones (excluding diaryl/α,β-unsaturated/α-hetero) is 1. The van der Waals surface area contributed by atoms with Crippen molar-refractivity contribution >= 4 is 11.8 Å². The highest BCUT2D eigenvalue weighted by molar-refractivity contribution is 6.40. The summed E-state index contributed by atoms with van der Waals surface area (Å²) in [6.07, 6.45) is 4.41. The molecule has 0 amide bonds. The first kappa shape index (κ1) is 8.97. The van der Waals surface area contributed by atoms with E-state index < -0.39 is 11.8 Å². The van der Waals surface area contributed by atoms with Gasteiger partial charge in [0.2, 0.25) is 0 Å². The first-order valence-corrected chi connectivity index (χ1v) is 4.16. The van der Waals surface area contributed by atoms with Gasteiger partial charge in [-0.15, -0.1) is 0 Å². The molecule has 0 aliphatic heterocycles. The highest BCUT2D eigenvalue weighted by atomic mass is 16.5. The third kappa shape index (κ3) is 1.94. The number of carbonyl (C=O) groups excluding carboxylic acids is 2. The number of ketones is 1. The molecule has 3 nitrogen and oxygen atoms in total. The summed E-state index contributed by atoms with van der Waals surface area (Å²) in [4.78, 5) is 22.1. The Bertz CT molecular complexity index is 228.